The molecule has 0 bridgehead atoms. The molecule has 11 heteroatoms. The number of rotatable bonds is 11. The van der Waals surface area contributed by atoms with E-state index in [1.54, 1.807) is 49.5 Å². The lowest BCUT2D eigenvalue weighted by atomic mass is 10.0. The maximum Gasteiger partial charge on any atom is 0.323 e. The standard InChI is InChI=1S/C29H35N5O5S/c1-3-32-33-15-13-27(14-16-33)39-26-11-9-25(10-12-26)34(40(36,37)20-28(35)38-4-2)19-21-5-6-22-7-8-23(29(30)31)18-24(22)17-21/h3,5-12,17-18,27H,4,13-16,19-20H2,1-2H3,(H3,30,31)/b32-3+. The van der Waals surface area contributed by atoms with Crippen molar-refractivity contribution < 1.29 is 22.7 Å². The van der Waals surface area contributed by atoms with Crippen molar-refractivity contribution in [3.05, 3.63) is 71.8 Å². The average molecular weight is 566 g/mol. The van der Waals surface area contributed by atoms with Crippen molar-refractivity contribution in [2.75, 3.05) is 29.8 Å². The Morgan fingerprint density at radius 2 is 1.80 bits per heavy atom. The van der Waals surface area contributed by atoms with Crippen LogP contribution in [0.5, 0.6) is 5.75 Å². The molecule has 0 unspecified atom stereocenters. The van der Waals surface area contributed by atoms with Gasteiger partial charge in [0.15, 0.2) is 5.75 Å². The van der Waals surface area contributed by atoms with Crippen molar-refractivity contribution in [2.24, 2.45) is 10.8 Å². The zero-order chi connectivity index (χ0) is 28.7. The molecule has 1 saturated heterocycles. The molecule has 0 amide bonds. The summed E-state index contributed by atoms with van der Waals surface area (Å²) < 4.78 is 39.2. The van der Waals surface area contributed by atoms with E-state index >= 15 is 0 Å². The summed E-state index contributed by atoms with van der Waals surface area (Å²) in [6.07, 6.45) is 3.51. The van der Waals surface area contributed by atoms with Gasteiger partial charge in [-0.25, -0.2) is 8.42 Å². The van der Waals surface area contributed by atoms with Gasteiger partial charge in [-0.3, -0.25) is 19.5 Å². The number of hydrogen-bond donors (Lipinski definition) is 2. The average Bonchev–Trinajstić information content (AvgIpc) is 2.93. The van der Waals surface area contributed by atoms with Gasteiger partial charge in [0.1, 0.15) is 17.7 Å². The molecule has 0 radical (unpaired) electrons. The Labute approximate surface area is 234 Å². The first kappa shape index (κ1) is 28.9. The second kappa shape index (κ2) is 12.8. The Kier molecular flexibility index (Phi) is 9.26. The van der Waals surface area contributed by atoms with Gasteiger partial charge >= 0.3 is 5.97 Å². The molecule has 0 aliphatic carbocycles. The van der Waals surface area contributed by atoms with Crippen LogP contribution in [0.15, 0.2) is 65.8 Å². The molecule has 0 saturated carbocycles. The number of anilines is 1. The zero-order valence-electron chi connectivity index (χ0n) is 22.7. The number of nitrogens with zero attached hydrogens (tertiary/aromatic N) is 3. The summed E-state index contributed by atoms with van der Waals surface area (Å²) in [5.74, 6) is -0.990. The highest BCUT2D eigenvalue weighted by molar-refractivity contribution is 7.93. The molecule has 1 heterocycles. The van der Waals surface area contributed by atoms with Gasteiger partial charge in [0, 0.05) is 37.7 Å². The van der Waals surface area contributed by atoms with Crippen LogP contribution in [0.1, 0.15) is 37.8 Å². The van der Waals surface area contributed by atoms with Crippen LogP contribution in [0.3, 0.4) is 0 Å². The number of carbonyl (C=O) groups excluding carboxylic acids is 1. The Balaban J connectivity index is 1.58. The minimum Gasteiger partial charge on any atom is -0.490 e. The third kappa shape index (κ3) is 7.29. The number of esters is 1. The topological polar surface area (TPSA) is 138 Å². The predicted octanol–water partition coefficient (Wildman–Crippen LogP) is 3.87. The molecule has 40 heavy (non-hydrogen) atoms. The van der Waals surface area contributed by atoms with Crippen molar-refractivity contribution in [1.29, 1.82) is 5.41 Å². The summed E-state index contributed by atoms with van der Waals surface area (Å²) >= 11 is 0. The lowest BCUT2D eigenvalue weighted by molar-refractivity contribution is -0.139. The monoisotopic (exact) mass is 565 g/mol. The Morgan fingerprint density at radius 1 is 1.10 bits per heavy atom. The highest BCUT2D eigenvalue weighted by Crippen LogP contribution is 2.28. The van der Waals surface area contributed by atoms with Gasteiger partial charge in [0.2, 0.25) is 10.0 Å². The molecule has 1 aliphatic heterocycles. The van der Waals surface area contributed by atoms with Crippen LogP contribution >= 0.6 is 0 Å². The molecule has 3 aromatic carbocycles. The maximum absolute atomic E-state index is 13.4. The second-order valence-electron chi connectivity index (χ2n) is 9.52. The van der Waals surface area contributed by atoms with E-state index < -0.39 is 21.7 Å². The molecule has 0 spiro atoms. The summed E-state index contributed by atoms with van der Waals surface area (Å²) in [5.41, 5.74) is 7.35. The number of carbonyl (C=O) groups is 1. The van der Waals surface area contributed by atoms with E-state index in [2.05, 4.69) is 5.10 Å². The number of benzene rings is 3. The van der Waals surface area contributed by atoms with Crippen molar-refractivity contribution in [2.45, 2.75) is 39.3 Å². The minimum absolute atomic E-state index is 0.00140. The van der Waals surface area contributed by atoms with Gasteiger partial charge in [-0.15, -0.1) is 0 Å². The number of amidine groups is 1. The third-order valence-corrected chi connectivity index (χ3v) is 8.22. The molecule has 10 nitrogen and oxygen atoms in total. The summed E-state index contributed by atoms with van der Waals surface area (Å²) in [7, 11) is -4.08. The summed E-state index contributed by atoms with van der Waals surface area (Å²) in [6, 6.07) is 17.9. The van der Waals surface area contributed by atoms with E-state index in [0.29, 0.717) is 22.6 Å². The van der Waals surface area contributed by atoms with E-state index in [4.69, 9.17) is 20.6 Å². The van der Waals surface area contributed by atoms with Crippen molar-refractivity contribution in [3.8, 4) is 5.75 Å². The quantitative estimate of drug-likeness (QED) is 0.204. The van der Waals surface area contributed by atoms with Crippen LogP contribution < -0.4 is 14.8 Å². The molecule has 3 aromatic rings. The van der Waals surface area contributed by atoms with E-state index in [9.17, 15) is 13.2 Å². The summed E-state index contributed by atoms with van der Waals surface area (Å²) in [6.45, 7) is 5.24. The van der Waals surface area contributed by atoms with Crippen LogP contribution in [-0.2, 0) is 26.1 Å². The molecule has 0 aromatic heterocycles. The SMILES string of the molecule is C/C=N/N1CCC(Oc2ccc(N(Cc3ccc4ccc(C(=N)N)cc4c3)S(=O)(=O)CC(=O)OCC)cc2)CC1. The van der Waals surface area contributed by atoms with Gasteiger partial charge in [-0.05, 0) is 66.6 Å². The number of ether oxygens (including phenoxy) is 2. The second-order valence-corrected chi connectivity index (χ2v) is 11.4. The van der Waals surface area contributed by atoms with Crippen molar-refractivity contribution in [3.63, 3.8) is 0 Å². The fourth-order valence-corrected chi connectivity index (χ4v) is 5.96. The van der Waals surface area contributed by atoms with Crippen molar-refractivity contribution >= 4 is 44.5 Å². The van der Waals surface area contributed by atoms with E-state index in [1.807, 2.05) is 36.2 Å². The van der Waals surface area contributed by atoms with Crippen molar-refractivity contribution in [1.82, 2.24) is 5.01 Å². The number of fused-ring (bicyclic) bond motifs is 1. The van der Waals surface area contributed by atoms with E-state index in [-0.39, 0.29) is 25.1 Å². The zero-order valence-corrected chi connectivity index (χ0v) is 23.6. The number of piperidine rings is 1. The number of sulfonamides is 1. The first-order valence-electron chi connectivity index (χ1n) is 13.2. The molecule has 4 rings (SSSR count). The lowest BCUT2D eigenvalue weighted by Crippen LogP contribution is -2.36. The molecule has 0 atom stereocenters. The van der Waals surface area contributed by atoms with E-state index in [1.165, 1.54) is 4.31 Å². The maximum atomic E-state index is 13.4. The smallest absolute Gasteiger partial charge is 0.323 e. The van der Waals surface area contributed by atoms with Crippen LogP contribution in [-0.4, -0.2) is 63.0 Å². The van der Waals surface area contributed by atoms with Gasteiger partial charge in [-0.1, -0.05) is 24.3 Å². The van der Waals surface area contributed by atoms with Gasteiger partial charge in [0.25, 0.3) is 0 Å². The number of hydrazone groups is 1. The fraction of sp³-hybridized carbons (Fsp3) is 0.345. The van der Waals surface area contributed by atoms with Crippen LogP contribution in [0.2, 0.25) is 0 Å². The highest BCUT2D eigenvalue weighted by atomic mass is 32.2. The van der Waals surface area contributed by atoms with Crippen LogP contribution in [0.4, 0.5) is 5.69 Å². The number of nitrogen functional groups attached to an aromatic ring is 1. The highest BCUT2D eigenvalue weighted by Gasteiger charge is 2.27. The largest absolute Gasteiger partial charge is 0.490 e. The molecule has 1 aliphatic rings. The molecule has 1 fully saturated rings. The predicted molar refractivity (Wildman–Crippen MR) is 157 cm³/mol. The first-order chi connectivity index (χ1) is 19.2. The minimum atomic E-state index is -4.08. The van der Waals surface area contributed by atoms with E-state index in [0.717, 1.165) is 36.7 Å². The number of nitrogens with two attached hydrogens (primary N) is 1. The Hall–Kier alpha value is -4.12. The number of nitrogens with one attached hydrogen (secondary N) is 1. The Morgan fingerprint density at radius 3 is 2.45 bits per heavy atom. The van der Waals surface area contributed by atoms with Crippen LogP contribution in [0, 0.1) is 5.41 Å². The molecule has 3 N–H and O–H groups in total. The van der Waals surface area contributed by atoms with Gasteiger partial charge in [-0.2, -0.15) is 5.10 Å². The third-order valence-electron chi connectivity index (χ3n) is 6.61. The number of hydrogen-bond acceptors (Lipinski definition) is 8. The van der Waals surface area contributed by atoms with Gasteiger partial charge < -0.3 is 15.2 Å². The lowest BCUT2D eigenvalue weighted by Gasteiger charge is -2.30. The molecular weight excluding hydrogens is 530 g/mol. The van der Waals surface area contributed by atoms with Crippen LogP contribution in [0.25, 0.3) is 10.8 Å². The molecular formula is C29H35N5O5S. The summed E-state index contributed by atoms with van der Waals surface area (Å²) in [5, 5.41) is 15.8. The van der Waals surface area contributed by atoms with Gasteiger partial charge in [0.05, 0.1) is 18.8 Å². The normalized spacial score (nSPS) is 14.4. The fourth-order valence-electron chi connectivity index (χ4n) is 4.63. The molecule has 212 valence electrons. The Bertz CT molecular complexity index is 1480. The summed E-state index contributed by atoms with van der Waals surface area (Å²) in [4.78, 5) is 12.2. The first-order valence-corrected chi connectivity index (χ1v) is 14.8.